The maximum atomic E-state index is 11.9. The molecule has 90 valence electrons. The minimum atomic E-state index is -0.573. The molecule has 2 rings (SSSR count). The SMILES string of the molecule is Cc1cc(Br)ccc1N1C(=O)CCC(N)C1=O. The topological polar surface area (TPSA) is 63.4 Å². The van der Waals surface area contributed by atoms with E-state index in [1.54, 1.807) is 6.07 Å². The number of carbonyl (C=O) groups is 2. The molecule has 2 amide bonds. The third-order valence-electron chi connectivity index (χ3n) is 2.86. The summed E-state index contributed by atoms with van der Waals surface area (Å²) in [5.74, 6) is -0.492. The average molecular weight is 297 g/mol. The van der Waals surface area contributed by atoms with E-state index in [4.69, 9.17) is 5.73 Å². The lowest BCUT2D eigenvalue weighted by Crippen LogP contribution is -2.51. The Kier molecular flexibility index (Phi) is 3.31. The highest BCUT2D eigenvalue weighted by molar-refractivity contribution is 9.10. The maximum absolute atomic E-state index is 11.9. The molecule has 1 aliphatic rings. The first-order chi connectivity index (χ1) is 8.00. The highest BCUT2D eigenvalue weighted by atomic mass is 79.9. The second-order valence-corrected chi connectivity index (χ2v) is 5.06. The smallest absolute Gasteiger partial charge is 0.250 e. The Morgan fingerprint density at radius 1 is 1.41 bits per heavy atom. The van der Waals surface area contributed by atoms with Crippen molar-refractivity contribution in [1.29, 1.82) is 0 Å². The minimum Gasteiger partial charge on any atom is -0.320 e. The van der Waals surface area contributed by atoms with Crippen molar-refractivity contribution in [2.75, 3.05) is 4.90 Å². The Morgan fingerprint density at radius 2 is 2.12 bits per heavy atom. The van der Waals surface area contributed by atoms with E-state index in [1.807, 2.05) is 19.1 Å². The Hall–Kier alpha value is -1.20. The molecular formula is C12H13BrN2O2. The molecule has 0 radical (unpaired) electrons. The van der Waals surface area contributed by atoms with Gasteiger partial charge in [0.1, 0.15) is 0 Å². The van der Waals surface area contributed by atoms with Gasteiger partial charge in [-0.1, -0.05) is 15.9 Å². The second-order valence-electron chi connectivity index (χ2n) is 4.14. The number of piperidine rings is 1. The van der Waals surface area contributed by atoms with Gasteiger partial charge >= 0.3 is 0 Å². The molecular weight excluding hydrogens is 284 g/mol. The first kappa shape index (κ1) is 12.3. The molecule has 17 heavy (non-hydrogen) atoms. The monoisotopic (exact) mass is 296 g/mol. The van der Waals surface area contributed by atoms with Gasteiger partial charge in [-0.2, -0.15) is 0 Å². The number of nitrogens with zero attached hydrogens (tertiary/aromatic N) is 1. The summed E-state index contributed by atoms with van der Waals surface area (Å²) < 4.78 is 0.917. The van der Waals surface area contributed by atoms with Gasteiger partial charge in [0, 0.05) is 10.9 Å². The first-order valence-electron chi connectivity index (χ1n) is 5.39. The molecule has 0 aromatic heterocycles. The molecule has 2 N–H and O–H groups in total. The van der Waals surface area contributed by atoms with Crippen LogP contribution >= 0.6 is 15.9 Å². The Labute approximate surface area is 108 Å². The van der Waals surface area contributed by atoms with Crippen LogP contribution in [0.25, 0.3) is 0 Å². The summed E-state index contributed by atoms with van der Waals surface area (Å²) >= 11 is 3.35. The molecule has 1 heterocycles. The Bertz CT molecular complexity index is 487. The fourth-order valence-corrected chi connectivity index (χ4v) is 2.40. The predicted molar refractivity (Wildman–Crippen MR) is 68.6 cm³/mol. The summed E-state index contributed by atoms with van der Waals surface area (Å²) in [5.41, 5.74) is 7.19. The van der Waals surface area contributed by atoms with Crippen LogP contribution in [0.1, 0.15) is 18.4 Å². The van der Waals surface area contributed by atoms with Crippen LogP contribution in [0.2, 0.25) is 0 Å². The lowest BCUT2D eigenvalue weighted by molar-refractivity contribution is -0.130. The number of hydrogen-bond donors (Lipinski definition) is 1. The normalized spacial score (nSPS) is 20.9. The van der Waals surface area contributed by atoms with Crippen LogP contribution in [0.15, 0.2) is 22.7 Å². The third-order valence-corrected chi connectivity index (χ3v) is 3.35. The van der Waals surface area contributed by atoms with Crippen LogP contribution in [-0.4, -0.2) is 17.9 Å². The van der Waals surface area contributed by atoms with Crippen molar-refractivity contribution >= 4 is 33.4 Å². The van der Waals surface area contributed by atoms with Gasteiger partial charge < -0.3 is 5.73 Å². The van der Waals surface area contributed by atoms with Gasteiger partial charge in [0.2, 0.25) is 5.91 Å². The molecule has 0 spiro atoms. The summed E-state index contributed by atoms with van der Waals surface area (Å²) in [6.07, 6.45) is 0.756. The number of amides is 2. The number of aryl methyl sites for hydroxylation is 1. The van der Waals surface area contributed by atoms with Crippen LogP contribution < -0.4 is 10.6 Å². The molecule has 4 nitrogen and oxygen atoms in total. The lowest BCUT2D eigenvalue weighted by atomic mass is 10.0. The van der Waals surface area contributed by atoms with Crippen molar-refractivity contribution in [2.24, 2.45) is 5.73 Å². The summed E-state index contributed by atoms with van der Waals surface area (Å²) in [5, 5.41) is 0. The van der Waals surface area contributed by atoms with Gasteiger partial charge in [-0.15, -0.1) is 0 Å². The van der Waals surface area contributed by atoms with Crippen LogP contribution in [-0.2, 0) is 9.59 Å². The number of imide groups is 1. The van der Waals surface area contributed by atoms with Crippen molar-refractivity contribution in [3.63, 3.8) is 0 Å². The van der Waals surface area contributed by atoms with Crippen molar-refractivity contribution in [2.45, 2.75) is 25.8 Å². The van der Waals surface area contributed by atoms with Gasteiger partial charge in [0.05, 0.1) is 11.7 Å². The molecule has 1 aliphatic heterocycles. The molecule has 1 aromatic carbocycles. The largest absolute Gasteiger partial charge is 0.320 e. The number of rotatable bonds is 1. The number of hydrogen-bond acceptors (Lipinski definition) is 3. The van der Waals surface area contributed by atoms with E-state index in [1.165, 1.54) is 4.90 Å². The van der Waals surface area contributed by atoms with Crippen LogP contribution in [0, 0.1) is 6.92 Å². The molecule has 0 bridgehead atoms. The van der Waals surface area contributed by atoms with Crippen molar-refractivity contribution < 1.29 is 9.59 Å². The zero-order valence-electron chi connectivity index (χ0n) is 9.44. The minimum absolute atomic E-state index is 0.179. The summed E-state index contributed by atoms with van der Waals surface area (Å²) in [6, 6.07) is 4.86. The molecule has 5 heteroatoms. The lowest BCUT2D eigenvalue weighted by Gasteiger charge is -2.29. The van der Waals surface area contributed by atoms with E-state index < -0.39 is 6.04 Å². The summed E-state index contributed by atoms with van der Waals surface area (Å²) in [4.78, 5) is 25.0. The fourth-order valence-electron chi connectivity index (χ4n) is 1.93. The third kappa shape index (κ3) is 2.25. The van der Waals surface area contributed by atoms with Gasteiger partial charge in [0.15, 0.2) is 0 Å². The quantitative estimate of drug-likeness (QED) is 0.803. The molecule has 1 atom stereocenters. The Morgan fingerprint density at radius 3 is 2.76 bits per heavy atom. The average Bonchev–Trinajstić information content (AvgIpc) is 2.27. The predicted octanol–water partition coefficient (Wildman–Crippen LogP) is 1.74. The molecule has 1 saturated heterocycles. The van der Waals surface area contributed by atoms with Crippen LogP contribution in [0.5, 0.6) is 0 Å². The van der Waals surface area contributed by atoms with Crippen molar-refractivity contribution in [1.82, 2.24) is 0 Å². The van der Waals surface area contributed by atoms with Gasteiger partial charge in [-0.05, 0) is 37.1 Å². The number of nitrogens with two attached hydrogens (primary N) is 1. The molecule has 0 aliphatic carbocycles. The molecule has 1 fully saturated rings. The fraction of sp³-hybridized carbons (Fsp3) is 0.333. The van der Waals surface area contributed by atoms with Gasteiger partial charge in [0.25, 0.3) is 5.91 Å². The first-order valence-corrected chi connectivity index (χ1v) is 6.18. The van der Waals surface area contributed by atoms with E-state index in [0.717, 1.165) is 10.0 Å². The Balaban J connectivity index is 2.43. The molecule has 0 saturated carbocycles. The summed E-state index contributed by atoms with van der Waals surface area (Å²) in [6.45, 7) is 1.86. The molecule has 1 unspecified atom stereocenters. The summed E-state index contributed by atoms with van der Waals surface area (Å²) in [7, 11) is 0. The number of halogens is 1. The molecule has 1 aromatic rings. The van der Waals surface area contributed by atoms with E-state index in [-0.39, 0.29) is 11.8 Å². The standard InChI is InChI=1S/C12H13BrN2O2/c1-7-6-8(13)2-4-10(7)15-11(16)5-3-9(14)12(15)17/h2,4,6,9H,3,5,14H2,1H3. The van der Waals surface area contributed by atoms with E-state index in [9.17, 15) is 9.59 Å². The maximum Gasteiger partial charge on any atom is 0.250 e. The van der Waals surface area contributed by atoms with Crippen molar-refractivity contribution in [3.8, 4) is 0 Å². The van der Waals surface area contributed by atoms with Crippen LogP contribution in [0.3, 0.4) is 0 Å². The van der Waals surface area contributed by atoms with Crippen LogP contribution in [0.4, 0.5) is 5.69 Å². The van der Waals surface area contributed by atoms with Gasteiger partial charge in [-0.25, -0.2) is 4.90 Å². The van der Waals surface area contributed by atoms with E-state index >= 15 is 0 Å². The second kappa shape index (κ2) is 4.58. The van der Waals surface area contributed by atoms with E-state index in [0.29, 0.717) is 18.5 Å². The zero-order valence-corrected chi connectivity index (χ0v) is 11.0. The highest BCUT2D eigenvalue weighted by Crippen LogP contribution is 2.27. The van der Waals surface area contributed by atoms with Gasteiger partial charge in [-0.3, -0.25) is 9.59 Å². The highest BCUT2D eigenvalue weighted by Gasteiger charge is 2.33. The number of anilines is 1. The number of benzene rings is 1. The van der Waals surface area contributed by atoms with Crippen molar-refractivity contribution in [3.05, 3.63) is 28.2 Å². The number of carbonyl (C=O) groups excluding carboxylic acids is 2. The van der Waals surface area contributed by atoms with E-state index in [2.05, 4.69) is 15.9 Å². The zero-order chi connectivity index (χ0) is 12.6.